The van der Waals surface area contributed by atoms with E-state index in [0.29, 0.717) is 12.8 Å². The van der Waals surface area contributed by atoms with Crippen molar-refractivity contribution in [2.45, 2.75) is 24.5 Å². The Labute approximate surface area is 97.2 Å². The molecule has 2 rings (SSSR count). The topological polar surface area (TPSA) is 46.2 Å². The van der Waals surface area contributed by atoms with Gasteiger partial charge < -0.3 is 10.8 Å². The molecule has 1 aliphatic carbocycles. The van der Waals surface area contributed by atoms with Crippen LogP contribution in [0.15, 0.2) is 18.2 Å². The Balaban J connectivity index is 2.47. The van der Waals surface area contributed by atoms with E-state index in [4.69, 9.17) is 5.73 Å². The van der Waals surface area contributed by atoms with Crippen molar-refractivity contribution in [2.24, 2.45) is 11.7 Å². The lowest BCUT2D eigenvalue weighted by molar-refractivity contribution is -0.0327. The largest absolute Gasteiger partial charge is 0.393 e. The molecule has 0 heterocycles. The second-order valence-electron chi connectivity index (χ2n) is 4.52. The van der Waals surface area contributed by atoms with Crippen LogP contribution < -0.4 is 5.73 Å². The number of rotatable bonds is 3. The minimum atomic E-state index is -1.78. The van der Waals surface area contributed by atoms with E-state index < -0.39 is 41.4 Å². The summed E-state index contributed by atoms with van der Waals surface area (Å²) in [5.41, 5.74) is 3.55. The maximum atomic E-state index is 13.6. The second-order valence-corrected chi connectivity index (χ2v) is 4.52. The van der Waals surface area contributed by atoms with Crippen LogP contribution in [-0.2, 0) is 5.54 Å². The smallest absolute Gasteiger partial charge is 0.131 e. The zero-order chi connectivity index (χ0) is 12.6. The summed E-state index contributed by atoms with van der Waals surface area (Å²) in [7, 11) is 0. The number of halogens is 3. The Bertz CT molecular complexity index is 406. The molecule has 0 aliphatic heterocycles. The number of hydrogen-bond donors (Lipinski definition) is 2. The SMILES string of the molecule is NC(CF)(c1c(F)cccc1F)C1CCC1O. The van der Waals surface area contributed by atoms with E-state index in [1.54, 1.807) is 0 Å². The van der Waals surface area contributed by atoms with Crippen LogP contribution in [0.2, 0.25) is 0 Å². The van der Waals surface area contributed by atoms with Crippen molar-refractivity contribution < 1.29 is 18.3 Å². The Morgan fingerprint density at radius 1 is 1.29 bits per heavy atom. The third kappa shape index (κ3) is 1.83. The number of aliphatic hydroxyl groups excluding tert-OH is 1. The Morgan fingerprint density at radius 2 is 1.88 bits per heavy atom. The third-order valence-corrected chi connectivity index (χ3v) is 3.55. The molecule has 1 aromatic rings. The number of hydrogen-bond acceptors (Lipinski definition) is 2. The molecule has 3 atom stereocenters. The van der Waals surface area contributed by atoms with Crippen molar-refractivity contribution >= 4 is 0 Å². The number of alkyl halides is 1. The zero-order valence-electron chi connectivity index (χ0n) is 9.17. The summed E-state index contributed by atoms with van der Waals surface area (Å²) in [6.45, 7) is -1.10. The van der Waals surface area contributed by atoms with E-state index in [1.165, 1.54) is 6.07 Å². The standard InChI is InChI=1S/C12H14F3NO/c13-6-12(16,7-4-5-10(7)17)11-8(14)2-1-3-9(11)15/h1-3,7,10,17H,4-6,16H2. The van der Waals surface area contributed by atoms with Crippen LogP contribution in [0.25, 0.3) is 0 Å². The Morgan fingerprint density at radius 3 is 2.24 bits per heavy atom. The molecule has 3 unspecified atom stereocenters. The first-order valence-electron chi connectivity index (χ1n) is 5.48. The van der Waals surface area contributed by atoms with Gasteiger partial charge in [-0.05, 0) is 25.0 Å². The highest BCUT2D eigenvalue weighted by atomic mass is 19.1. The molecule has 1 aromatic carbocycles. The van der Waals surface area contributed by atoms with Gasteiger partial charge in [-0.15, -0.1) is 0 Å². The van der Waals surface area contributed by atoms with Crippen LogP contribution in [0, 0.1) is 17.6 Å². The first-order valence-corrected chi connectivity index (χ1v) is 5.48. The van der Waals surface area contributed by atoms with E-state index in [9.17, 15) is 18.3 Å². The quantitative estimate of drug-likeness (QED) is 0.853. The monoisotopic (exact) mass is 245 g/mol. The average molecular weight is 245 g/mol. The van der Waals surface area contributed by atoms with Gasteiger partial charge in [-0.2, -0.15) is 0 Å². The minimum Gasteiger partial charge on any atom is -0.393 e. The van der Waals surface area contributed by atoms with Gasteiger partial charge in [0.15, 0.2) is 0 Å². The molecule has 0 radical (unpaired) electrons. The van der Waals surface area contributed by atoms with Crippen molar-refractivity contribution in [1.29, 1.82) is 0 Å². The van der Waals surface area contributed by atoms with Crippen LogP contribution in [0.1, 0.15) is 18.4 Å². The molecule has 2 nitrogen and oxygen atoms in total. The van der Waals surface area contributed by atoms with Crippen LogP contribution in [0.5, 0.6) is 0 Å². The summed E-state index contributed by atoms with van der Waals surface area (Å²) in [5.74, 6) is -2.38. The maximum Gasteiger partial charge on any atom is 0.131 e. The molecule has 0 aromatic heterocycles. The molecule has 5 heteroatoms. The van der Waals surface area contributed by atoms with E-state index in [-0.39, 0.29) is 0 Å². The second kappa shape index (κ2) is 4.31. The number of aliphatic hydroxyl groups is 1. The summed E-state index contributed by atoms with van der Waals surface area (Å²) < 4.78 is 40.4. The molecule has 0 spiro atoms. The predicted molar refractivity (Wildman–Crippen MR) is 56.9 cm³/mol. The van der Waals surface area contributed by atoms with Gasteiger partial charge >= 0.3 is 0 Å². The summed E-state index contributed by atoms with van der Waals surface area (Å²) in [6.07, 6.45) is 0.157. The van der Waals surface area contributed by atoms with Crippen molar-refractivity contribution in [2.75, 3.05) is 6.67 Å². The average Bonchev–Trinajstić information content (AvgIpc) is 2.26. The fourth-order valence-electron chi connectivity index (χ4n) is 2.38. The van der Waals surface area contributed by atoms with Crippen LogP contribution in [-0.4, -0.2) is 17.9 Å². The lowest BCUT2D eigenvalue weighted by atomic mass is 9.66. The highest BCUT2D eigenvalue weighted by Crippen LogP contribution is 2.42. The molecule has 1 aliphatic rings. The molecule has 94 valence electrons. The number of benzene rings is 1. The van der Waals surface area contributed by atoms with E-state index in [0.717, 1.165) is 12.1 Å². The van der Waals surface area contributed by atoms with E-state index in [1.807, 2.05) is 0 Å². The molecule has 3 N–H and O–H groups in total. The summed E-state index contributed by atoms with van der Waals surface area (Å²) >= 11 is 0. The van der Waals surface area contributed by atoms with Gasteiger partial charge in [0.2, 0.25) is 0 Å². The lowest BCUT2D eigenvalue weighted by Gasteiger charge is -2.44. The lowest BCUT2D eigenvalue weighted by Crippen LogP contribution is -2.56. The fraction of sp³-hybridized carbons (Fsp3) is 0.500. The molecule has 0 bridgehead atoms. The Hall–Kier alpha value is -1.07. The van der Waals surface area contributed by atoms with Gasteiger partial charge in [-0.25, -0.2) is 13.2 Å². The first kappa shape index (κ1) is 12.4. The first-order chi connectivity index (χ1) is 8.00. The molecule has 1 saturated carbocycles. The Kier molecular flexibility index (Phi) is 3.14. The highest BCUT2D eigenvalue weighted by molar-refractivity contribution is 5.30. The molecule has 0 saturated heterocycles. The van der Waals surface area contributed by atoms with Gasteiger partial charge in [0.1, 0.15) is 18.3 Å². The van der Waals surface area contributed by atoms with Crippen molar-refractivity contribution in [3.8, 4) is 0 Å². The van der Waals surface area contributed by atoms with Crippen molar-refractivity contribution in [3.05, 3.63) is 35.4 Å². The summed E-state index contributed by atoms with van der Waals surface area (Å²) in [4.78, 5) is 0. The summed E-state index contributed by atoms with van der Waals surface area (Å²) in [5, 5.41) is 9.53. The fourth-order valence-corrected chi connectivity index (χ4v) is 2.38. The third-order valence-electron chi connectivity index (χ3n) is 3.55. The van der Waals surface area contributed by atoms with Crippen LogP contribution in [0.4, 0.5) is 13.2 Å². The van der Waals surface area contributed by atoms with Crippen molar-refractivity contribution in [1.82, 2.24) is 0 Å². The van der Waals surface area contributed by atoms with Crippen LogP contribution >= 0.6 is 0 Å². The maximum absolute atomic E-state index is 13.6. The molecular weight excluding hydrogens is 231 g/mol. The van der Waals surface area contributed by atoms with E-state index >= 15 is 0 Å². The van der Waals surface area contributed by atoms with Gasteiger partial charge in [0.25, 0.3) is 0 Å². The highest BCUT2D eigenvalue weighted by Gasteiger charge is 2.48. The normalized spacial score (nSPS) is 27.4. The van der Waals surface area contributed by atoms with Crippen molar-refractivity contribution in [3.63, 3.8) is 0 Å². The van der Waals surface area contributed by atoms with E-state index in [2.05, 4.69) is 0 Å². The van der Waals surface area contributed by atoms with Crippen LogP contribution in [0.3, 0.4) is 0 Å². The molecule has 17 heavy (non-hydrogen) atoms. The molecular formula is C12H14F3NO. The van der Waals surface area contributed by atoms with Gasteiger partial charge in [-0.1, -0.05) is 6.07 Å². The predicted octanol–water partition coefficient (Wildman–Crippen LogP) is 1.86. The number of nitrogens with two attached hydrogens (primary N) is 1. The van der Waals surface area contributed by atoms with Gasteiger partial charge in [0.05, 0.1) is 11.6 Å². The zero-order valence-corrected chi connectivity index (χ0v) is 9.17. The molecule has 1 fully saturated rings. The van der Waals surface area contributed by atoms with Gasteiger partial charge in [0, 0.05) is 11.5 Å². The summed E-state index contributed by atoms with van der Waals surface area (Å²) in [6, 6.07) is 3.28. The van der Waals surface area contributed by atoms with Gasteiger partial charge in [-0.3, -0.25) is 0 Å². The minimum absolute atomic E-state index is 0.466. The molecule has 0 amide bonds.